The topological polar surface area (TPSA) is 115 Å². The SMILES string of the molecule is CC(CC(=N)c1ccc(N)cn1)C(C)C(C)(C)OC(N)=O. The quantitative estimate of drug-likeness (QED) is 0.699. The highest BCUT2D eigenvalue weighted by Gasteiger charge is 2.33. The van der Waals surface area contributed by atoms with E-state index in [-0.39, 0.29) is 11.8 Å². The molecule has 0 aliphatic carbocycles. The van der Waals surface area contributed by atoms with Gasteiger partial charge in [0, 0.05) is 0 Å². The third-order valence-corrected chi connectivity index (χ3v) is 3.94. The first kappa shape index (κ1) is 16.9. The summed E-state index contributed by atoms with van der Waals surface area (Å²) < 4.78 is 5.16. The molecular weight excluding hydrogens is 268 g/mol. The number of rotatable bonds is 6. The van der Waals surface area contributed by atoms with Gasteiger partial charge in [-0.05, 0) is 44.2 Å². The maximum atomic E-state index is 11.0. The number of nitrogen functional groups attached to an aromatic ring is 1. The van der Waals surface area contributed by atoms with E-state index in [1.807, 2.05) is 27.7 Å². The molecule has 0 radical (unpaired) electrons. The number of hydrogen-bond donors (Lipinski definition) is 3. The molecule has 0 fully saturated rings. The summed E-state index contributed by atoms with van der Waals surface area (Å²) in [5.74, 6) is 0.172. The van der Waals surface area contributed by atoms with Crippen LogP contribution in [0.25, 0.3) is 0 Å². The van der Waals surface area contributed by atoms with Crippen LogP contribution in [0.3, 0.4) is 0 Å². The van der Waals surface area contributed by atoms with Gasteiger partial charge in [0.05, 0.1) is 23.3 Å². The largest absolute Gasteiger partial charge is 0.443 e. The minimum Gasteiger partial charge on any atom is -0.443 e. The number of amides is 1. The third kappa shape index (κ3) is 4.73. The lowest BCUT2D eigenvalue weighted by atomic mass is 9.79. The first-order valence-electron chi connectivity index (χ1n) is 6.91. The van der Waals surface area contributed by atoms with Gasteiger partial charge in [0.1, 0.15) is 5.60 Å². The molecule has 6 nitrogen and oxygen atoms in total. The van der Waals surface area contributed by atoms with Crippen molar-refractivity contribution < 1.29 is 9.53 Å². The van der Waals surface area contributed by atoms with Crippen molar-refractivity contribution >= 4 is 17.5 Å². The second kappa shape index (κ2) is 6.56. The van der Waals surface area contributed by atoms with Gasteiger partial charge in [-0.15, -0.1) is 0 Å². The zero-order valence-corrected chi connectivity index (χ0v) is 13.0. The van der Waals surface area contributed by atoms with E-state index in [1.165, 1.54) is 6.20 Å². The third-order valence-electron chi connectivity index (χ3n) is 3.94. The number of nitrogens with zero attached hydrogens (tertiary/aromatic N) is 1. The number of anilines is 1. The Kier molecular flexibility index (Phi) is 5.29. The molecule has 0 saturated carbocycles. The van der Waals surface area contributed by atoms with Crippen LogP contribution in [-0.2, 0) is 4.74 Å². The second-order valence-corrected chi connectivity index (χ2v) is 5.95. The van der Waals surface area contributed by atoms with Crippen molar-refractivity contribution in [1.82, 2.24) is 4.98 Å². The average Bonchev–Trinajstić information content (AvgIpc) is 2.36. The van der Waals surface area contributed by atoms with Gasteiger partial charge in [0.15, 0.2) is 0 Å². The summed E-state index contributed by atoms with van der Waals surface area (Å²) in [7, 11) is 0. The van der Waals surface area contributed by atoms with Crippen molar-refractivity contribution in [2.75, 3.05) is 5.73 Å². The van der Waals surface area contributed by atoms with Crippen LogP contribution in [0.4, 0.5) is 10.5 Å². The second-order valence-electron chi connectivity index (χ2n) is 5.95. The predicted octanol–water partition coefficient (Wildman–Crippen LogP) is 2.57. The fraction of sp³-hybridized carbons (Fsp3) is 0.533. The molecule has 1 heterocycles. The fourth-order valence-electron chi connectivity index (χ4n) is 2.22. The highest BCUT2D eigenvalue weighted by molar-refractivity contribution is 5.96. The van der Waals surface area contributed by atoms with Crippen LogP contribution in [0.15, 0.2) is 18.3 Å². The number of carbonyl (C=O) groups is 1. The van der Waals surface area contributed by atoms with Crippen molar-refractivity contribution in [3.63, 3.8) is 0 Å². The summed E-state index contributed by atoms with van der Waals surface area (Å²) in [4.78, 5) is 15.1. The molecule has 1 aromatic heterocycles. The molecule has 21 heavy (non-hydrogen) atoms. The van der Waals surface area contributed by atoms with Gasteiger partial charge < -0.3 is 21.6 Å². The Hall–Kier alpha value is -2.11. The van der Waals surface area contributed by atoms with Crippen LogP contribution in [0.2, 0.25) is 0 Å². The number of hydrogen-bond acceptors (Lipinski definition) is 5. The molecule has 1 amide bonds. The molecule has 0 aliphatic rings. The number of pyridine rings is 1. The molecule has 0 aliphatic heterocycles. The Morgan fingerprint density at radius 3 is 2.52 bits per heavy atom. The minimum absolute atomic E-state index is 0.0409. The highest BCUT2D eigenvalue weighted by atomic mass is 16.6. The lowest BCUT2D eigenvalue weighted by molar-refractivity contribution is -0.0122. The average molecular weight is 292 g/mol. The molecular formula is C15H24N4O2. The van der Waals surface area contributed by atoms with Crippen molar-refractivity contribution in [2.45, 2.75) is 39.7 Å². The standard InChI is InChI=1S/C15H24N4O2/c1-9(10(2)15(3,4)21-14(18)20)7-12(17)13-6-5-11(16)8-19-13/h5-6,8-10,17H,7,16H2,1-4H3,(H2,18,20). The Morgan fingerprint density at radius 1 is 1.43 bits per heavy atom. The minimum atomic E-state index is -0.783. The van der Waals surface area contributed by atoms with Crippen LogP contribution < -0.4 is 11.5 Å². The smallest absolute Gasteiger partial charge is 0.405 e. The van der Waals surface area contributed by atoms with Gasteiger partial charge in [-0.3, -0.25) is 4.98 Å². The lowest BCUT2D eigenvalue weighted by Gasteiger charge is -2.34. The van der Waals surface area contributed by atoms with Gasteiger partial charge in [-0.2, -0.15) is 0 Å². The summed E-state index contributed by atoms with van der Waals surface area (Å²) in [6.07, 6.45) is 1.29. The molecule has 6 heteroatoms. The Bertz CT molecular complexity index is 511. The number of aromatic nitrogens is 1. The number of ether oxygens (including phenoxy) is 1. The normalized spacial score (nSPS) is 14.3. The summed E-state index contributed by atoms with van der Waals surface area (Å²) in [6.45, 7) is 7.65. The molecule has 2 atom stereocenters. The van der Waals surface area contributed by atoms with Crippen molar-refractivity contribution in [2.24, 2.45) is 17.6 Å². The van der Waals surface area contributed by atoms with E-state index < -0.39 is 11.7 Å². The van der Waals surface area contributed by atoms with E-state index in [9.17, 15) is 4.79 Å². The summed E-state index contributed by atoms with van der Waals surface area (Å²) >= 11 is 0. The highest BCUT2D eigenvalue weighted by Crippen LogP contribution is 2.30. The van der Waals surface area contributed by atoms with E-state index in [0.717, 1.165) is 0 Å². The van der Waals surface area contributed by atoms with Crippen LogP contribution in [0.1, 0.15) is 39.8 Å². The molecule has 2 unspecified atom stereocenters. The molecule has 0 spiro atoms. The summed E-state index contributed by atoms with van der Waals surface area (Å²) in [6, 6.07) is 3.46. The van der Waals surface area contributed by atoms with Gasteiger partial charge in [0.25, 0.3) is 0 Å². The predicted molar refractivity (Wildman–Crippen MR) is 83.2 cm³/mol. The zero-order chi connectivity index (χ0) is 16.2. The maximum absolute atomic E-state index is 11.0. The van der Waals surface area contributed by atoms with Crippen LogP contribution in [0.5, 0.6) is 0 Å². The molecule has 0 aromatic carbocycles. The van der Waals surface area contributed by atoms with Crippen molar-refractivity contribution in [3.8, 4) is 0 Å². The van der Waals surface area contributed by atoms with E-state index in [1.54, 1.807) is 12.1 Å². The van der Waals surface area contributed by atoms with Crippen LogP contribution in [0, 0.1) is 17.2 Å². The van der Waals surface area contributed by atoms with E-state index in [0.29, 0.717) is 23.5 Å². The van der Waals surface area contributed by atoms with Gasteiger partial charge in [-0.1, -0.05) is 13.8 Å². The summed E-state index contributed by atoms with van der Waals surface area (Å²) in [5.41, 5.74) is 11.6. The molecule has 5 N–H and O–H groups in total. The Labute approximate surface area is 125 Å². The lowest BCUT2D eigenvalue weighted by Crippen LogP contribution is -2.40. The van der Waals surface area contributed by atoms with E-state index >= 15 is 0 Å². The van der Waals surface area contributed by atoms with Crippen LogP contribution in [-0.4, -0.2) is 22.4 Å². The van der Waals surface area contributed by atoms with Crippen LogP contribution >= 0.6 is 0 Å². The monoisotopic (exact) mass is 292 g/mol. The van der Waals surface area contributed by atoms with Crippen molar-refractivity contribution in [1.29, 1.82) is 5.41 Å². The zero-order valence-electron chi connectivity index (χ0n) is 13.0. The van der Waals surface area contributed by atoms with Gasteiger partial charge in [-0.25, -0.2) is 4.79 Å². The Balaban J connectivity index is 2.71. The number of primary amides is 1. The number of nitrogens with one attached hydrogen (secondary N) is 1. The van der Waals surface area contributed by atoms with E-state index in [4.69, 9.17) is 21.6 Å². The van der Waals surface area contributed by atoms with Crippen molar-refractivity contribution in [3.05, 3.63) is 24.0 Å². The first-order valence-corrected chi connectivity index (χ1v) is 6.91. The first-order chi connectivity index (χ1) is 9.63. The van der Waals surface area contributed by atoms with E-state index in [2.05, 4.69) is 4.98 Å². The fourth-order valence-corrected chi connectivity index (χ4v) is 2.22. The van der Waals surface area contributed by atoms with Gasteiger partial charge in [0.2, 0.25) is 0 Å². The number of nitrogens with two attached hydrogens (primary N) is 2. The molecule has 116 valence electrons. The molecule has 1 aromatic rings. The summed E-state index contributed by atoms with van der Waals surface area (Å²) in [5, 5.41) is 8.13. The Morgan fingerprint density at radius 2 is 2.05 bits per heavy atom. The van der Waals surface area contributed by atoms with Gasteiger partial charge >= 0.3 is 6.09 Å². The number of carbonyl (C=O) groups excluding carboxylic acids is 1. The molecule has 1 rings (SSSR count). The molecule has 0 saturated heterocycles. The maximum Gasteiger partial charge on any atom is 0.405 e. The molecule has 0 bridgehead atoms.